The van der Waals surface area contributed by atoms with Gasteiger partial charge >= 0.3 is 19.8 Å². The highest BCUT2D eigenvalue weighted by Crippen LogP contribution is 2.43. The maximum Gasteiger partial charge on any atom is 0.472 e. The molecule has 0 aromatic rings. The van der Waals surface area contributed by atoms with E-state index in [0.29, 0.717) is 25.7 Å². The second-order valence-electron chi connectivity index (χ2n) is 12.6. The Hall–Kier alpha value is -3.11. The first-order chi connectivity index (χ1) is 26.2. The molecule has 0 aromatic heterocycles. The van der Waals surface area contributed by atoms with Gasteiger partial charge in [-0.1, -0.05) is 130 Å². The molecule has 54 heavy (non-hydrogen) atoms. The van der Waals surface area contributed by atoms with E-state index < -0.39 is 32.5 Å². The van der Waals surface area contributed by atoms with Crippen LogP contribution in [0.2, 0.25) is 0 Å². The van der Waals surface area contributed by atoms with E-state index in [1.165, 1.54) is 0 Å². The number of carbonyl (C=O) groups excluding carboxylic acids is 2. The average molecular weight is 776 g/mol. The molecular formula is C43H70NO9P. The van der Waals surface area contributed by atoms with Crippen LogP contribution in [0.3, 0.4) is 0 Å². The summed E-state index contributed by atoms with van der Waals surface area (Å²) in [4.78, 5) is 34.8. The van der Waals surface area contributed by atoms with Crippen molar-refractivity contribution < 1.29 is 42.7 Å². The van der Waals surface area contributed by atoms with Crippen LogP contribution in [-0.2, 0) is 32.7 Å². The average Bonchev–Trinajstić information content (AvgIpc) is 3.16. The van der Waals surface area contributed by atoms with Crippen molar-refractivity contribution in [3.8, 4) is 0 Å². The number of hydrogen-bond donors (Lipinski definition) is 3. The number of ether oxygens (including phenoxy) is 2. The zero-order valence-electron chi connectivity index (χ0n) is 33.0. The van der Waals surface area contributed by atoms with Crippen LogP contribution in [0, 0.1) is 0 Å². The second kappa shape index (κ2) is 38.2. The molecule has 0 rings (SSSR count). The van der Waals surface area contributed by atoms with E-state index in [0.717, 1.165) is 70.6 Å². The van der Waals surface area contributed by atoms with Gasteiger partial charge in [0, 0.05) is 19.4 Å². The van der Waals surface area contributed by atoms with Gasteiger partial charge in [-0.2, -0.15) is 0 Å². The first-order valence-electron chi connectivity index (χ1n) is 19.8. The Morgan fingerprint density at radius 2 is 1.19 bits per heavy atom. The van der Waals surface area contributed by atoms with Crippen LogP contribution >= 0.6 is 7.82 Å². The smallest absolute Gasteiger partial charge is 0.462 e. The molecule has 0 aliphatic rings. The molecule has 10 nitrogen and oxygen atoms in total. The fourth-order valence-corrected chi connectivity index (χ4v) is 5.34. The monoisotopic (exact) mass is 775 g/mol. The van der Waals surface area contributed by atoms with Crippen LogP contribution in [0.25, 0.3) is 0 Å². The van der Waals surface area contributed by atoms with E-state index in [1.807, 2.05) is 37.3 Å². The molecule has 4 N–H and O–H groups in total. The first-order valence-corrected chi connectivity index (χ1v) is 21.3. The highest BCUT2D eigenvalue weighted by Gasteiger charge is 2.25. The number of unbranched alkanes of at least 4 members (excludes halogenated alkanes) is 6. The Morgan fingerprint density at radius 1 is 0.648 bits per heavy atom. The van der Waals surface area contributed by atoms with Crippen molar-refractivity contribution in [1.29, 1.82) is 0 Å². The molecule has 1 unspecified atom stereocenters. The minimum atomic E-state index is -4.41. The van der Waals surface area contributed by atoms with Crippen molar-refractivity contribution in [3.63, 3.8) is 0 Å². The highest BCUT2D eigenvalue weighted by molar-refractivity contribution is 7.47. The minimum Gasteiger partial charge on any atom is -0.462 e. The lowest BCUT2D eigenvalue weighted by molar-refractivity contribution is -0.161. The second-order valence-corrected chi connectivity index (χ2v) is 14.0. The normalized spacial score (nSPS) is 15.0. The number of hydrogen-bond acceptors (Lipinski definition) is 9. The molecule has 0 aromatic carbocycles. The van der Waals surface area contributed by atoms with Crippen LogP contribution in [-0.4, -0.2) is 60.5 Å². The van der Waals surface area contributed by atoms with Crippen molar-refractivity contribution in [1.82, 2.24) is 0 Å². The number of phosphoric ester groups is 1. The summed E-state index contributed by atoms with van der Waals surface area (Å²) in [5.41, 5.74) is 5.33. The molecule has 0 spiro atoms. The number of aliphatic hydroxyl groups excluding tert-OH is 1. The quantitative estimate of drug-likeness (QED) is 0.0186. The predicted octanol–water partition coefficient (Wildman–Crippen LogP) is 10.0. The largest absolute Gasteiger partial charge is 0.472 e. The van der Waals surface area contributed by atoms with Crippen LogP contribution in [0.5, 0.6) is 0 Å². The van der Waals surface area contributed by atoms with Gasteiger partial charge in [0.05, 0.1) is 19.3 Å². The van der Waals surface area contributed by atoms with E-state index in [9.17, 15) is 24.2 Å². The first kappa shape index (κ1) is 50.9. The molecule has 0 heterocycles. The Labute approximate surface area is 326 Å². The van der Waals surface area contributed by atoms with Crippen molar-refractivity contribution in [2.75, 3.05) is 26.4 Å². The van der Waals surface area contributed by atoms with Crippen LogP contribution in [0.4, 0.5) is 0 Å². The van der Waals surface area contributed by atoms with Gasteiger partial charge in [-0.3, -0.25) is 18.6 Å². The summed E-state index contributed by atoms with van der Waals surface area (Å²) in [5, 5.41) is 9.46. The van der Waals surface area contributed by atoms with Gasteiger partial charge in [0.15, 0.2) is 6.10 Å². The number of rotatable bonds is 35. The molecule has 0 aliphatic carbocycles. The lowest BCUT2D eigenvalue weighted by Crippen LogP contribution is -2.29. The fraction of sp³-hybridized carbons (Fsp3) is 0.581. The lowest BCUT2D eigenvalue weighted by Gasteiger charge is -2.19. The summed E-state index contributed by atoms with van der Waals surface area (Å²) < 4.78 is 32.6. The SMILES string of the molecule is CC/C=C\C/C=C\C/C=C\CCCCCCCC(=O)OC[C@H](COP(=O)(O)OCCN)OC(=O)CCC/C=C\C/C=C\C/C=C\C/C=C\C=C\[C@H](O)CC. The number of carbonyl (C=O) groups is 2. The van der Waals surface area contributed by atoms with E-state index in [2.05, 4.69) is 67.7 Å². The van der Waals surface area contributed by atoms with Crippen molar-refractivity contribution >= 4 is 19.8 Å². The van der Waals surface area contributed by atoms with Gasteiger partial charge in [0.2, 0.25) is 0 Å². The zero-order chi connectivity index (χ0) is 39.8. The van der Waals surface area contributed by atoms with E-state index in [1.54, 1.807) is 6.08 Å². The lowest BCUT2D eigenvalue weighted by atomic mass is 10.1. The maximum absolute atomic E-state index is 12.5. The minimum absolute atomic E-state index is 0.0300. The number of aliphatic hydroxyl groups is 1. The highest BCUT2D eigenvalue weighted by atomic mass is 31.2. The molecule has 0 saturated heterocycles. The summed E-state index contributed by atoms with van der Waals surface area (Å²) in [5.74, 6) is -0.949. The molecule has 11 heteroatoms. The third-order valence-corrected chi connectivity index (χ3v) is 8.61. The predicted molar refractivity (Wildman–Crippen MR) is 221 cm³/mol. The van der Waals surface area contributed by atoms with E-state index in [4.69, 9.17) is 24.3 Å². The van der Waals surface area contributed by atoms with Crippen LogP contribution in [0.15, 0.2) is 97.2 Å². The standard InChI is InChI=1S/C43H70NO9P/c1-3-5-6-7-8-9-10-11-12-16-19-22-25-28-31-34-42(46)50-38-41(39-52-54(48,49)51-37-36-44)53-43(47)35-32-29-26-23-20-17-14-13-15-18-21-24-27-30-33-40(45)4-2/h5-6,8-9,11-12,14-15,17-18,23-24,26-27,30,33,40-41,45H,3-4,7,10,13,16,19-22,25,28-29,31-32,34-39,44H2,1-2H3,(H,48,49)/b6-5-,9-8-,12-11-,17-14-,18-15-,26-23-,27-24-,33-30+/t40-,41-/m1/s1. The molecule has 0 fully saturated rings. The summed E-state index contributed by atoms with van der Waals surface area (Å²) in [7, 11) is -4.41. The van der Waals surface area contributed by atoms with Gasteiger partial charge in [-0.25, -0.2) is 4.57 Å². The maximum atomic E-state index is 12.5. The molecule has 3 atom stereocenters. The number of allylic oxidation sites excluding steroid dienone is 15. The molecule has 0 bridgehead atoms. The zero-order valence-corrected chi connectivity index (χ0v) is 33.9. The Bertz CT molecular complexity index is 1220. The van der Waals surface area contributed by atoms with Crippen molar-refractivity contribution in [2.24, 2.45) is 5.73 Å². The van der Waals surface area contributed by atoms with Gasteiger partial charge in [0.25, 0.3) is 0 Å². The summed E-state index contributed by atoms with van der Waals surface area (Å²) in [6.45, 7) is 3.15. The Balaban J connectivity index is 4.38. The van der Waals surface area contributed by atoms with Gasteiger partial charge in [-0.05, 0) is 77.0 Å². The summed E-state index contributed by atoms with van der Waals surface area (Å²) in [6.07, 6.45) is 45.4. The topological polar surface area (TPSA) is 155 Å². The molecule has 0 saturated carbocycles. The Morgan fingerprint density at radius 3 is 1.80 bits per heavy atom. The molecular weight excluding hydrogens is 705 g/mol. The third-order valence-electron chi connectivity index (χ3n) is 7.62. The van der Waals surface area contributed by atoms with Crippen LogP contribution in [0.1, 0.15) is 123 Å². The van der Waals surface area contributed by atoms with Crippen LogP contribution < -0.4 is 5.73 Å². The van der Waals surface area contributed by atoms with Crippen molar-refractivity contribution in [3.05, 3.63) is 97.2 Å². The molecule has 0 aliphatic heterocycles. The summed E-state index contributed by atoms with van der Waals surface area (Å²) in [6, 6.07) is 0. The number of phosphoric acid groups is 1. The molecule has 0 amide bonds. The number of esters is 2. The Kier molecular flexibility index (Phi) is 36.0. The van der Waals surface area contributed by atoms with Crippen molar-refractivity contribution in [2.45, 2.75) is 135 Å². The van der Waals surface area contributed by atoms with E-state index >= 15 is 0 Å². The van der Waals surface area contributed by atoms with E-state index in [-0.39, 0.29) is 38.7 Å². The summed E-state index contributed by atoms with van der Waals surface area (Å²) >= 11 is 0. The van der Waals surface area contributed by atoms with Gasteiger partial charge in [0.1, 0.15) is 6.61 Å². The van der Waals surface area contributed by atoms with Gasteiger partial charge in [-0.15, -0.1) is 0 Å². The van der Waals surface area contributed by atoms with Gasteiger partial charge < -0.3 is 25.2 Å². The molecule has 306 valence electrons. The fourth-order valence-electron chi connectivity index (χ4n) is 4.57. The molecule has 0 radical (unpaired) electrons. The number of nitrogens with two attached hydrogens (primary N) is 1. The third kappa shape index (κ3) is 37.2.